The van der Waals surface area contributed by atoms with Crippen molar-refractivity contribution in [2.75, 3.05) is 19.6 Å². The van der Waals surface area contributed by atoms with E-state index in [-0.39, 0.29) is 23.4 Å². The van der Waals surface area contributed by atoms with Crippen molar-refractivity contribution in [1.82, 2.24) is 20.0 Å². The molecule has 9 nitrogen and oxygen atoms in total. The largest absolute Gasteiger partial charge is 0.369 e. The van der Waals surface area contributed by atoms with E-state index in [0.29, 0.717) is 26.2 Å². The van der Waals surface area contributed by atoms with Crippen LogP contribution in [0.15, 0.2) is 12.4 Å². The molecular weight excluding hydrogens is 290 g/mol. The fourth-order valence-corrected chi connectivity index (χ4v) is 2.57. The summed E-state index contributed by atoms with van der Waals surface area (Å²) in [6, 6.07) is -0.162. The first-order chi connectivity index (χ1) is 10.3. The number of carbonyl (C=O) groups is 1. The molecule has 2 rings (SSSR count). The topological polar surface area (TPSA) is 103 Å². The van der Waals surface area contributed by atoms with Crippen LogP contribution in [-0.4, -0.2) is 57.0 Å². The number of nitro groups is 1. The number of hydrogen-bond donors (Lipinski definition) is 1. The van der Waals surface area contributed by atoms with Gasteiger partial charge >= 0.3 is 11.7 Å². The van der Waals surface area contributed by atoms with Crippen LogP contribution in [0.4, 0.5) is 10.5 Å². The molecule has 22 heavy (non-hydrogen) atoms. The molecular formula is C13H21N5O4. The Morgan fingerprint density at radius 2 is 2.36 bits per heavy atom. The molecule has 0 aromatic carbocycles. The second-order valence-electron chi connectivity index (χ2n) is 6.02. The molecule has 2 heterocycles. The zero-order valence-electron chi connectivity index (χ0n) is 13.0. The summed E-state index contributed by atoms with van der Waals surface area (Å²) in [6.07, 6.45) is 2.52. The summed E-state index contributed by atoms with van der Waals surface area (Å²) >= 11 is 0. The van der Waals surface area contributed by atoms with E-state index in [4.69, 9.17) is 4.74 Å². The van der Waals surface area contributed by atoms with Crippen molar-refractivity contribution in [3.8, 4) is 0 Å². The van der Waals surface area contributed by atoms with Crippen LogP contribution in [0.25, 0.3) is 0 Å². The summed E-state index contributed by atoms with van der Waals surface area (Å²) in [5, 5.41) is 17.2. The Morgan fingerprint density at radius 1 is 1.64 bits per heavy atom. The summed E-state index contributed by atoms with van der Waals surface area (Å²) in [5.41, 5.74) is -0.424. The van der Waals surface area contributed by atoms with E-state index in [1.165, 1.54) is 17.1 Å². The predicted octanol–water partition coefficient (Wildman–Crippen LogP) is 1.00. The molecule has 0 spiro atoms. The first-order valence-corrected chi connectivity index (χ1v) is 7.14. The van der Waals surface area contributed by atoms with Gasteiger partial charge in [-0.1, -0.05) is 0 Å². The molecule has 0 bridgehead atoms. The zero-order valence-corrected chi connectivity index (χ0v) is 13.0. The van der Waals surface area contributed by atoms with Gasteiger partial charge in [0, 0.05) is 13.1 Å². The van der Waals surface area contributed by atoms with Gasteiger partial charge in [-0.2, -0.15) is 5.10 Å². The highest BCUT2D eigenvalue weighted by Crippen LogP contribution is 2.20. The van der Waals surface area contributed by atoms with Gasteiger partial charge in [-0.05, 0) is 20.8 Å². The van der Waals surface area contributed by atoms with Crippen LogP contribution in [0.5, 0.6) is 0 Å². The number of amides is 2. The Balaban J connectivity index is 1.81. The van der Waals surface area contributed by atoms with Gasteiger partial charge in [0.2, 0.25) is 0 Å². The molecule has 1 aromatic heterocycles. The molecule has 9 heteroatoms. The Kier molecular flexibility index (Phi) is 4.65. The van der Waals surface area contributed by atoms with E-state index in [1.807, 2.05) is 20.8 Å². The third-order valence-corrected chi connectivity index (χ3v) is 3.30. The average Bonchev–Trinajstić information content (AvgIpc) is 2.85. The number of carbonyl (C=O) groups excluding carboxylic acids is 1. The van der Waals surface area contributed by atoms with Gasteiger partial charge in [-0.15, -0.1) is 0 Å². The minimum atomic E-state index is -0.501. The van der Waals surface area contributed by atoms with Crippen LogP contribution in [0.1, 0.15) is 20.8 Å². The second-order valence-corrected chi connectivity index (χ2v) is 6.02. The van der Waals surface area contributed by atoms with Gasteiger partial charge in [-0.3, -0.25) is 14.8 Å². The van der Waals surface area contributed by atoms with Crippen LogP contribution >= 0.6 is 0 Å². The van der Waals surface area contributed by atoms with Crippen LogP contribution < -0.4 is 5.32 Å². The summed E-state index contributed by atoms with van der Waals surface area (Å²) in [6.45, 7) is 7.63. The minimum absolute atomic E-state index is 0.0109. The monoisotopic (exact) mass is 311 g/mol. The maximum atomic E-state index is 12.2. The molecule has 1 aliphatic rings. The van der Waals surface area contributed by atoms with Crippen molar-refractivity contribution in [3.05, 3.63) is 22.5 Å². The lowest BCUT2D eigenvalue weighted by Crippen LogP contribution is -2.56. The third kappa shape index (κ3) is 4.17. The predicted molar refractivity (Wildman–Crippen MR) is 78.5 cm³/mol. The summed E-state index contributed by atoms with van der Waals surface area (Å²) in [4.78, 5) is 23.9. The standard InChI is InChI=1S/C13H21N5O4/c1-10-7-16(9-13(2,3)22-10)12(19)14-4-5-17-8-11(6-15-17)18(20)21/h6,8,10H,4-5,7,9H2,1-3H3,(H,14,19). The molecule has 1 atom stereocenters. The Morgan fingerprint density at radius 3 is 2.95 bits per heavy atom. The fourth-order valence-electron chi connectivity index (χ4n) is 2.57. The molecule has 1 unspecified atom stereocenters. The molecule has 1 aromatic rings. The van der Waals surface area contributed by atoms with Crippen molar-refractivity contribution in [1.29, 1.82) is 0 Å². The lowest BCUT2D eigenvalue weighted by molar-refractivity contribution is -0.385. The highest BCUT2D eigenvalue weighted by molar-refractivity contribution is 5.74. The van der Waals surface area contributed by atoms with Crippen LogP contribution in [0.3, 0.4) is 0 Å². The second kappa shape index (κ2) is 6.30. The Bertz CT molecular complexity index is 556. The van der Waals surface area contributed by atoms with Crippen LogP contribution in [0, 0.1) is 10.1 Å². The highest BCUT2D eigenvalue weighted by Gasteiger charge is 2.33. The number of morpholine rings is 1. The number of urea groups is 1. The average molecular weight is 311 g/mol. The normalized spacial score (nSPS) is 20.7. The lowest BCUT2D eigenvalue weighted by atomic mass is 10.1. The van der Waals surface area contributed by atoms with Gasteiger partial charge in [0.25, 0.3) is 0 Å². The van der Waals surface area contributed by atoms with E-state index in [1.54, 1.807) is 4.90 Å². The summed E-state index contributed by atoms with van der Waals surface area (Å²) in [7, 11) is 0. The van der Waals surface area contributed by atoms with Crippen molar-refractivity contribution in [2.24, 2.45) is 0 Å². The van der Waals surface area contributed by atoms with Crippen molar-refractivity contribution >= 4 is 11.7 Å². The lowest BCUT2D eigenvalue weighted by Gasteiger charge is -2.41. The number of nitrogens with zero attached hydrogens (tertiary/aromatic N) is 4. The molecule has 0 saturated carbocycles. The van der Waals surface area contributed by atoms with E-state index < -0.39 is 4.92 Å². The molecule has 2 amide bonds. The third-order valence-electron chi connectivity index (χ3n) is 3.30. The minimum Gasteiger partial charge on any atom is -0.369 e. The van der Waals surface area contributed by atoms with E-state index in [0.717, 1.165) is 0 Å². The highest BCUT2D eigenvalue weighted by atomic mass is 16.6. The number of aromatic nitrogens is 2. The van der Waals surface area contributed by atoms with Crippen LogP contribution in [-0.2, 0) is 11.3 Å². The molecule has 1 fully saturated rings. The number of hydrogen-bond acceptors (Lipinski definition) is 5. The van der Waals surface area contributed by atoms with Crippen molar-refractivity contribution in [3.63, 3.8) is 0 Å². The van der Waals surface area contributed by atoms with E-state index in [9.17, 15) is 14.9 Å². The number of rotatable bonds is 4. The van der Waals surface area contributed by atoms with Gasteiger partial charge in [-0.25, -0.2) is 4.79 Å². The maximum absolute atomic E-state index is 12.2. The smallest absolute Gasteiger partial charge is 0.317 e. The first kappa shape index (κ1) is 16.2. The quantitative estimate of drug-likeness (QED) is 0.660. The van der Waals surface area contributed by atoms with Crippen LogP contribution in [0.2, 0.25) is 0 Å². The molecule has 0 aliphatic carbocycles. The molecule has 0 radical (unpaired) electrons. The molecule has 1 aliphatic heterocycles. The van der Waals surface area contributed by atoms with E-state index in [2.05, 4.69) is 10.4 Å². The van der Waals surface area contributed by atoms with Gasteiger partial charge < -0.3 is 15.0 Å². The van der Waals surface area contributed by atoms with Gasteiger partial charge in [0.15, 0.2) is 0 Å². The molecule has 122 valence electrons. The summed E-state index contributed by atoms with van der Waals surface area (Å²) < 4.78 is 7.19. The summed E-state index contributed by atoms with van der Waals surface area (Å²) in [5.74, 6) is 0. The van der Waals surface area contributed by atoms with Crippen molar-refractivity contribution < 1.29 is 14.5 Å². The first-order valence-electron chi connectivity index (χ1n) is 7.14. The van der Waals surface area contributed by atoms with Gasteiger partial charge in [0.05, 0.1) is 29.7 Å². The maximum Gasteiger partial charge on any atom is 0.317 e. The van der Waals surface area contributed by atoms with Gasteiger partial charge in [0.1, 0.15) is 12.4 Å². The van der Waals surface area contributed by atoms with E-state index >= 15 is 0 Å². The Labute approximate surface area is 128 Å². The zero-order chi connectivity index (χ0) is 16.3. The number of ether oxygens (including phenoxy) is 1. The fraction of sp³-hybridized carbons (Fsp3) is 0.692. The Hall–Kier alpha value is -2.16. The number of nitrogens with one attached hydrogen (secondary N) is 1. The SMILES string of the molecule is CC1CN(C(=O)NCCn2cc([N+](=O)[O-])cn2)CC(C)(C)O1. The van der Waals surface area contributed by atoms with Crippen molar-refractivity contribution in [2.45, 2.75) is 39.0 Å². The molecule has 1 saturated heterocycles. The molecule has 1 N–H and O–H groups in total.